The van der Waals surface area contributed by atoms with E-state index in [-0.39, 0.29) is 5.91 Å². The van der Waals surface area contributed by atoms with Gasteiger partial charge in [0.25, 0.3) is 5.91 Å². The molecule has 0 unspecified atom stereocenters. The quantitative estimate of drug-likeness (QED) is 0.743. The number of benzene rings is 1. The first-order valence-electron chi connectivity index (χ1n) is 7.15. The van der Waals surface area contributed by atoms with E-state index in [9.17, 15) is 4.79 Å². The standard InChI is InChI=1S/C17H16ClN3OS/c1-10-7-16(19-17(22)15-8-11(2)23-12(15)3)21(20-10)14-6-4-5-13(18)9-14/h4-9H,1-3H3,(H,19,22). The number of nitrogens with one attached hydrogen (secondary N) is 1. The molecule has 0 spiro atoms. The Hall–Kier alpha value is -2.11. The highest BCUT2D eigenvalue weighted by molar-refractivity contribution is 7.12. The molecule has 0 bridgehead atoms. The summed E-state index contributed by atoms with van der Waals surface area (Å²) in [6, 6.07) is 11.1. The molecule has 0 fully saturated rings. The van der Waals surface area contributed by atoms with Gasteiger partial charge in [0.15, 0.2) is 0 Å². The maximum atomic E-state index is 12.5. The summed E-state index contributed by atoms with van der Waals surface area (Å²) < 4.78 is 1.69. The van der Waals surface area contributed by atoms with Crippen LogP contribution in [0.2, 0.25) is 5.02 Å². The van der Waals surface area contributed by atoms with Crippen LogP contribution < -0.4 is 5.32 Å². The molecular formula is C17H16ClN3OS. The number of anilines is 1. The Kier molecular flexibility index (Phi) is 4.24. The van der Waals surface area contributed by atoms with E-state index in [4.69, 9.17) is 11.6 Å². The van der Waals surface area contributed by atoms with Crippen LogP contribution in [0.3, 0.4) is 0 Å². The zero-order valence-corrected chi connectivity index (χ0v) is 14.6. The number of nitrogens with zero attached hydrogens (tertiary/aromatic N) is 2. The number of carbonyl (C=O) groups excluding carboxylic acids is 1. The fraction of sp³-hybridized carbons (Fsp3) is 0.176. The van der Waals surface area contributed by atoms with Crippen molar-refractivity contribution in [1.29, 1.82) is 0 Å². The Morgan fingerprint density at radius 3 is 2.65 bits per heavy atom. The maximum Gasteiger partial charge on any atom is 0.257 e. The number of halogens is 1. The first-order valence-corrected chi connectivity index (χ1v) is 8.34. The summed E-state index contributed by atoms with van der Waals surface area (Å²) >= 11 is 7.67. The minimum Gasteiger partial charge on any atom is -0.306 e. The molecule has 6 heteroatoms. The minimum atomic E-state index is -0.130. The fourth-order valence-electron chi connectivity index (χ4n) is 2.43. The summed E-state index contributed by atoms with van der Waals surface area (Å²) in [5, 5.41) is 8.01. The van der Waals surface area contributed by atoms with Gasteiger partial charge >= 0.3 is 0 Å². The lowest BCUT2D eigenvalue weighted by atomic mass is 10.2. The molecule has 0 aliphatic heterocycles. The lowest BCUT2D eigenvalue weighted by Gasteiger charge is -2.09. The molecule has 1 aromatic carbocycles. The molecule has 1 N–H and O–H groups in total. The van der Waals surface area contributed by atoms with Gasteiger partial charge < -0.3 is 5.32 Å². The molecular weight excluding hydrogens is 330 g/mol. The van der Waals surface area contributed by atoms with Crippen molar-refractivity contribution in [3.05, 3.63) is 62.4 Å². The Morgan fingerprint density at radius 1 is 1.22 bits per heavy atom. The molecule has 3 aromatic rings. The maximum absolute atomic E-state index is 12.5. The molecule has 1 amide bonds. The SMILES string of the molecule is Cc1cc(NC(=O)c2cc(C)sc2C)n(-c2cccc(Cl)c2)n1. The zero-order valence-electron chi connectivity index (χ0n) is 13.1. The van der Waals surface area contributed by atoms with Gasteiger partial charge in [0.05, 0.1) is 16.9 Å². The van der Waals surface area contributed by atoms with Crippen molar-refractivity contribution in [2.75, 3.05) is 5.32 Å². The number of carbonyl (C=O) groups is 1. The van der Waals surface area contributed by atoms with E-state index in [0.717, 1.165) is 21.1 Å². The molecule has 0 radical (unpaired) electrons. The second-order valence-corrected chi connectivity index (χ2v) is 7.24. The van der Waals surface area contributed by atoms with Crippen LogP contribution in [0.4, 0.5) is 5.82 Å². The summed E-state index contributed by atoms with van der Waals surface area (Å²) in [4.78, 5) is 14.7. The highest BCUT2D eigenvalue weighted by Crippen LogP contribution is 2.24. The van der Waals surface area contributed by atoms with E-state index in [1.165, 1.54) is 0 Å². The number of aryl methyl sites for hydroxylation is 3. The van der Waals surface area contributed by atoms with Crippen LogP contribution in [-0.2, 0) is 0 Å². The van der Waals surface area contributed by atoms with Crippen LogP contribution in [0.1, 0.15) is 25.8 Å². The van der Waals surface area contributed by atoms with Crippen molar-refractivity contribution in [2.45, 2.75) is 20.8 Å². The Bertz CT molecular complexity index is 882. The molecule has 0 aliphatic rings. The molecule has 2 aromatic heterocycles. The molecule has 0 atom stereocenters. The van der Waals surface area contributed by atoms with E-state index in [2.05, 4.69) is 10.4 Å². The van der Waals surface area contributed by atoms with E-state index in [1.54, 1.807) is 22.1 Å². The molecule has 3 rings (SSSR count). The second kappa shape index (κ2) is 6.18. The molecule has 2 heterocycles. The number of thiophene rings is 1. The van der Waals surface area contributed by atoms with Crippen LogP contribution in [0.5, 0.6) is 0 Å². The summed E-state index contributed by atoms with van der Waals surface area (Å²) in [7, 11) is 0. The van der Waals surface area contributed by atoms with Crippen molar-refractivity contribution >= 4 is 34.7 Å². The molecule has 0 saturated heterocycles. The minimum absolute atomic E-state index is 0.130. The Balaban J connectivity index is 1.95. The van der Waals surface area contributed by atoms with Gasteiger partial charge in [-0.2, -0.15) is 5.10 Å². The van der Waals surface area contributed by atoms with Gasteiger partial charge in [0.2, 0.25) is 0 Å². The predicted molar refractivity (Wildman–Crippen MR) is 95.1 cm³/mol. The molecule has 4 nitrogen and oxygen atoms in total. The van der Waals surface area contributed by atoms with Crippen LogP contribution in [0, 0.1) is 20.8 Å². The largest absolute Gasteiger partial charge is 0.306 e. The van der Waals surface area contributed by atoms with E-state index < -0.39 is 0 Å². The summed E-state index contributed by atoms with van der Waals surface area (Å²) in [6.45, 7) is 5.83. The van der Waals surface area contributed by atoms with Gasteiger partial charge in [-0.25, -0.2) is 4.68 Å². The predicted octanol–water partition coefficient (Wildman–Crippen LogP) is 4.76. The van der Waals surface area contributed by atoms with Crippen molar-refractivity contribution in [3.8, 4) is 5.69 Å². The topological polar surface area (TPSA) is 46.9 Å². The number of hydrogen-bond acceptors (Lipinski definition) is 3. The number of amides is 1. The normalized spacial score (nSPS) is 10.8. The van der Waals surface area contributed by atoms with Gasteiger partial charge in [0.1, 0.15) is 5.82 Å². The average Bonchev–Trinajstić information content (AvgIpc) is 3.01. The molecule has 23 heavy (non-hydrogen) atoms. The molecule has 0 saturated carbocycles. The first kappa shape index (κ1) is 15.8. The van der Waals surface area contributed by atoms with Crippen molar-refractivity contribution < 1.29 is 4.79 Å². The number of aromatic nitrogens is 2. The zero-order chi connectivity index (χ0) is 16.6. The van der Waals surface area contributed by atoms with Gasteiger partial charge in [0, 0.05) is 20.8 Å². The van der Waals surface area contributed by atoms with Gasteiger partial charge in [-0.1, -0.05) is 17.7 Å². The third kappa shape index (κ3) is 3.30. The van der Waals surface area contributed by atoms with Crippen LogP contribution in [-0.4, -0.2) is 15.7 Å². The van der Waals surface area contributed by atoms with Crippen LogP contribution in [0.15, 0.2) is 36.4 Å². The Labute approximate surface area is 143 Å². The summed E-state index contributed by atoms with van der Waals surface area (Å²) in [6.07, 6.45) is 0. The molecule has 118 valence electrons. The first-order chi connectivity index (χ1) is 10.9. The lowest BCUT2D eigenvalue weighted by molar-refractivity contribution is 0.102. The van der Waals surface area contributed by atoms with Crippen molar-refractivity contribution in [1.82, 2.24) is 9.78 Å². The fourth-order valence-corrected chi connectivity index (χ4v) is 3.54. The third-order valence-electron chi connectivity index (χ3n) is 3.41. The summed E-state index contributed by atoms with van der Waals surface area (Å²) in [5.74, 6) is 0.494. The van der Waals surface area contributed by atoms with E-state index in [1.807, 2.05) is 51.1 Å². The average molecular weight is 346 g/mol. The van der Waals surface area contributed by atoms with Crippen LogP contribution in [0.25, 0.3) is 5.69 Å². The highest BCUT2D eigenvalue weighted by Gasteiger charge is 2.15. The second-order valence-electron chi connectivity index (χ2n) is 5.34. The van der Waals surface area contributed by atoms with E-state index >= 15 is 0 Å². The summed E-state index contributed by atoms with van der Waals surface area (Å²) in [5.41, 5.74) is 2.32. The van der Waals surface area contributed by atoms with Gasteiger partial charge in [-0.05, 0) is 45.0 Å². The van der Waals surface area contributed by atoms with Crippen molar-refractivity contribution in [2.24, 2.45) is 0 Å². The monoisotopic (exact) mass is 345 g/mol. The third-order valence-corrected chi connectivity index (χ3v) is 4.61. The van der Waals surface area contributed by atoms with Crippen molar-refractivity contribution in [3.63, 3.8) is 0 Å². The highest BCUT2D eigenvalue weighted by atomic mass is 35.5. The smallest absolute Gasteiger partial charge is 0.257 e. The van der Waals surface area contributed by atoms with Gasteiger partial charge in [-0.15, -0.1) is 11.3 Å². The number of hydrogen-bond donors (Lipinski definition) is 1. The number of rotatable bonds is 3. The lowest BCUT2D eigenvalue weighted by Crippen LogP contribution is -2.15. The van der Waals surface area contributed by atoms with Gasteiger partial charge in [-0.3, -0.25) is 4.79 Å². The Morgan fingerprint density at radius 2 is 2.00 bits per heavy atom. The van der Waals surface area contributed by atoms with E-state index in [0.29, 0.717) is 16.4 Å². The molecule has 0 aliphatic carbocycles. The van der Waals surface area contributed by atoms with Crippen LogP contribution >= 0.6 is 22.9 Å².